The fraction of sp³-hybridized carbons (Fsp3) is 0.158. The Hall–Kier alpha value is -2.88. The van der Waals surface area contributed by atoms with Crippen molar-refractivity contribution in [1.82, 2.24) is 9.78 Å². The van der Waals surface area contributed by atoms with Gasteiger partial charge in [-0.15, -0.1) is 0 Å². The summed E-state index contributed by atoms with van der Waals surface area (Å²) in [6, 6.07) is 21.8. The van der Waals surface area contributed by atoms with E-state index in [-0.39, 0.29) is 11.8 Å². The molecule has 0 atom stereocenters. The van der Waals surface area contributed by atoms with E-state index in [1.54, 1.807) is 4.68 Å². The van der Waals surface area contributed by atoms with Crippen molar-refractivity contribution in [3.05, 3.63) is 66.7 Å². The van der Waals surface area contributed by atoms with Crippen LogP contribution in [0, 0.1) is 5.92 Å². The molecule has 4 heteroatoms. The minimum atomic E-state index is 0.0849. The average Bonchev–Trinajstić information content (AvgIpc) is 3.38. The number of anilines is 1. The van der Waals surface area contributed by atoms with Gasteiger partial charge in [-0.2, -0.15) is 5.10 Å². The van der Waals surface area contributed by atoms with Crippen molar-refractivity contribution in [3.63, 3.8) is 0 Å². The molecule has 3 aromatic rings. The van der Waals surface area contributed by atoms with Crippen molar-refractivity contribution in [2.24, 2.45) is 5.92 Å². The lowest BCUT2D eigenvalue weighted by molar-refractivity contribution is -0.117. The second kappa shape index (κ2) is 5.72. The smallest absolute Gasteiger partial charge is 0.228 e. The maximum absolute atomic E-state index is 12.2. The highest BCUT2D eigenvalue weighted by Crippen LogP contribution is 2.31. The van der Waals surface area contributed by atoms with Crippen LogP contribution >= 0.6 is 0 Å². The van der Waals surface area contributed by atoms with E-state index in [1.165, 1.54) is 0 Å². The highest BCUT2D eigenvalue weighted by molar-refractivity contribution is 5.94. The van der Waals surface area contributed by atoms with Crippen LogP contribution in [0.25, 0.3) is 16.9 Å². The standard InChI is InChI=1S/C19H17N3O/c23-19(15-11-12-15)20-18-13-17(14-7-3-1-4-8-14)21-22(18)16-9-5-2-6-10-16/h1-10,13,15H,11-12H2,(H,20,23). The molecule has 0 spiro atoms. The summed E-state index contributed by atoms with van der Waals surface area (Å²) in [5, 5.41) is 7.71. The molecule has 0 aliphatic heterocycles. The fourth-order valence-corrected chi connectivity index (χ4v) is 2.56. The van der Waals surface area contributed by atoms with Crippen LogP contribution in [0.2, 0.25) is 0 Å². The first-order chi connectivity index (χ1) is 11.3. The zero-order chi connectivity index (χ0) is 15.6. The molecule has 1 aromatic heterocycles. The topological polar surface area (TPSA) is 46.9 Å². The lowest BCUT2D eigenvalue weighted by Gasteiger charge is -2.08. The van der Waals surface area contributed by atoms with Gasteiger partial charge in [0.1, 0.15) is 5.82 Å². The van der Waals surface area contributed by atoms with Gasteiger partial charge in [0.05, 0.1) is 11.4 Å². The van der Waals surface area contributed by atoms with Crippen LogP contribution in [0.3, 0.4) is 0 Å². The van der Waals surface area contributed by atoms with E-state index in [1.807, 2.05) is 66.7 Å². The van der Waals surface area contributed by atoms with Crippen molar-refractivity contribution in [2.75, 3.05) is 5.32 Å². The van der Waals surface area contributed by atoms with Crippen LogP contribution in [0.4, 0.5) is 5.82 Å². The highest BCUT2D eigenvalue weighted by atomic mass is 16.2. The number of para-hydroxylation sites is 1. The number of hydrogen-bond donors (Lipinski definition) is 1. The predicted molar refractivity (Wildman–Crippen MR) is 90.4 cm³/mol. The molecule has 0 saturated heterocycles. The average molecular weight is 303 g/mol. The number of nitrogens with zero attached hydrogens (tertiary/aromatic N) is 2. The van der Waals surface area contributed by atoms with Crippen molar-refractivity contribution < 1.29 is 4.79 Å². The van der Waals surface area contributed by atoms with Gasteiger partial charge in [-0.3, -0.25) is 4.79 Å². The Morgan fingerprint density at radius 3 is 2.30 bits per heavy atom. The van der Waals surface area contributed by atoms with Crippen LogP contribution in [0.5, 0.6) is 0 Å². The molecule has 1 aliphatic rings. The van der Waals surface area contributed by atoms with Crippen molar-refractivity contribution in [2.45, 2.75) is 12.8 Å². The Kier molecular flexibility index (Phi) is 3.42. The number of rotatable bonds is 4. The number of carbonyl (C=O) groups excluding carboxylic acids is 1. The van der Waals surface area contributed by atoms with Crippen molar-refractivity contribution in [1.29, 1.82) is 0 Å². The molecule has 0 radical (unpaired) electrons. The van der Waals surface area contributed by atoms with Gasteiger partial charge in [-0.25, -0.2) is 4.68 Å². The molecule has 4 nitrogen and oxygen atoms in total. The van der Waals surface area contributed by atoms with Gasteiger partial charge in [0.15, 0.2) is 0 Å². The number of hydrogen-bond acceptors (Lipinski definition) is 2. The summed E-state index contributed by atoms with van der Waals surface area (Å²) in [4.78, 5) is 12.2. The van der Waals surface area contributed by atoms with Gasteiger partial charge in [-0.05, 0) is 25.0 Å². The molecular formula is C19H17N3O. The van der Waals surface area contributed by atoms with Crippen LogP contribution < -0.4 is 5.32 Å². The maximum atomic E-state index is 12.2. The van der Waals surface area contributed by atoms with Gasteiger partial charge < -0.3 is 5.32 Å². The molecule has 1 aliphatic carbocycles. The summed E-state index contributed by atoms with van der Waals surface area (Å²) < 4.78 is 1.79. The van der Waals surface area contributed by atoms with E-state index in [4.69, 9.17) is 0 Å². The Balaban J connectivity index is 1.75. The molecule has 2 aromatic carbocycles. The van der Waals surface area contributed by atoms with Crippen LogP contribution in [-0.4, -0.2) is 15.7 Å². The first-order valence-electron chi connectivity index (χ1n) is 7.83. The summed E-state index contributed by atoms with van der Waals surface area (Å²) in [6.45, 7) is 0. The summed E-state index contributed by atoms with van der Waals surface area (Å²) in [7, 11) is 0. The maximum Gasteiger partial charge on any atom is 0.228 e. The van der Waals surface area contributed by atoms with Crippen molar-refractivity contribution in [3.8, 4) is 16.9 Å². The van der Waals surface area contributed by atoms with E-state index in [0.29, 0.717) is 5.82 Å². The molecule has 114 valence electrons. The summed E-state index contributed by atoms with van der Waals surface area (Å²) >= 11 is 0. The SMILES string of the molecule is O=C(Nc1cc(-c2ccccc2)nn1-c1ccccc1)C1CC1. The number of benzene rings is 2. The van der Waals surface area contributed by atoms with Crippen LogP contribution in [-0.2, 0) is 4.79 Å². The molecule has 1 fully saturated rings. The Labute approximate surface area is 134 Å². The Bertz CT molecular complexity index is 820. The molecule has 0 unspecified atom stereocenters. The van der Waals surface area contributed by atoms with Gasteiger partial charge >= 0.3 is 0 Å². The molecule has 1 saturated carbocycles. The fourth-order valence-electron chi connectivity index (χ4n) is 2.56. The third-order valence-corrected chi connectivity index (χ3v) is 3.98. The molecule has 1 N–H and O–H groups in total. The summed E-state index contributed by atoms with van der Waals surface area (Å²) in [5.74, 6) is 0.961. The first kappa shape index (κ1) is 13.8. The van der Waals surface area contributed by atoms with Gasteiger partial charge in [-0.1, -0.05) is 48.5 Å². The number of carbonyl (C=O) groups is 1. The Morgan fingerprint density at radius 2 is 1.65 bits per heavy atom. The number of nitrogens with one attached hydrogen (secondary N) is 1. The Morgan fingerprint density at radius 1 is 1.00 bits per heavy atom. The van der Waals surface area contributed by atoms with Gasteiger partial charge in [0.25, 0.3) is 0 Å². The van der Waals surface area contributed by atoms with Crippen LogP contribution in [0.15, 0.2) is 66.7 Å². The second-order valence-corrected chi connectivity index (χ2v) is 5.79. The minimum absolute atomic E-state index is 0.0849. The molecule has 0 bridgehead atoms. The van der Waals surface area contributed by atoms with Gasteiger partial charge in [0.2, 0.25) is 5.91 Å². The first-order valence-corrected chi connectivity index (χ1v) is 7.83. The largest absolute Gasteiger partial charge is 0.310 e. The highest BCUT2D eigenvalue weighted by Gasteiger charge is 2.30. The normalized spacial score (nSPS) is 13.7. The predicted octanol–water partition coefficient (Wildman–Crippen LogP) is 3.89. The van der Waals surface area contributed by atoms with E-state index in [2.05, 4.69) is 10.4 Å². The summed E-state index contributed by atoms with van der Waals surface area (Å²) in [6.07, 6.45) is 1.97. The second-order valence-electron chi connectivity index (χ2n) is 5.79. The minimum Gasteiger partial charge on any atom is -0.310 e. The van der Waals surface area contributed by atoms with Crippen LogP contribution in [0.1, 0.15) is 12.8 Å². The van der Waals surface area contributed by atoms with E-state index in [0.717, 1.165) is 29.8 Å². The third kappa shape index (κ3) is 2.88. The zero-order valence-electron chi connectivity index (χ0n) is 12.6. The van der Waals surface area contributed by atoms with Crippen molar-refractivity contribution >= 4 is 11.7 Å². The lowest BCUT2D eigenvalue weighted by atomic mass is 10.1. The number of aromatic nitrogens is 2. The molecule has 23 heavy (non-hydrogen) atoms. The van der Waals surface area contributed by atoms with E-state index >= 15 is 0 Å². The van der Waals surface area contributed by atoms with E-state index < -0.39 is 0 Å². The molecule has 1 amide bonds. The molecule has 1 heterocycles. The third-order valence-electron chi connectivity index (χ3n) is 3.98. The number of amides is 1. The molecular weight excluding hydrogens is 286 g/mol. The monoisotopic (exact) mass is 303 g/mol. The lowest BCUT2D eigenvalue weighted by Crippen LogP contribution is -2.16. The molecule has 4 rings (SSSR count). The van der Waals surface area contributed by atoms with E-state index in [9.17, 15) is 4.79 Å². The zero-order valence-corrected chi connectivity index (χ0v) is 12.6. The quantitative estimate of drug-likeness (QED) is 0.795. The summed E-state index contributed by atoms with van der Waals surface area (Å²) in [5.41, 5.74) is 2.81. The van der Waals surface area contributed by atoms with Gasteiger partial charge in [0, 0.05) is 17.5 Å².